The standard InChI is InChI=1S/C13H11N3O/c1-9-4-2-3-5-11(9)17-13-10-6-7-14-12(10)15-8-16-13/h2-8H,1H3,(H,14,15,16). The third-order valence-corrected chi connectivity index (χ3v) is 2.62. The van der Waals surface area contributed by atoms with Crippen LogP contribution in [0, 0.1) is 6.92 Å². The van der Waals surface area contributed by atoms with E-state index in [9.17, 15) is 0 Å². The lowest BCUT2D eigenvalue weighted by atomic mass is 10.2. The fourth-order valence-corrected chi connectivity index (χ4v) is 1.71. The average molecular weight is 225 g/mol. The Morgan fingerprint density at radius 3 is 2.88 bits per heavy atom. The Balaban J connectivity index is 2.06. The zero-order valence-electron chi connectivity index (χ0n) is 9.34. The molecule has 0 saturated heterocycles. The summed E-state index contributed by atoms with van der Waals surface area (Å²) in [5.74, 6) is 1.39. The Morgan fingerprint density at radius 1 is 1.12 bits per heavy atom. The molecule has 1 N–H and O–H groups in total. The number of H-pyrrole nitrogens is 1. The summed E-state index contributed by atoms with van der Waals surface area (Å²) < 4.78 is 5.81. The highest BCUT2D eigenvalue weighted by Gasteiger charge is 2.07. The lowest BCUT2D eigenvalue weighted by Gasteiger charge is -2.07. The van der Waals surface area contributed by atoms with Gasteiger partial charge < -0.3 is 9.72 Å². The molecule has 17 heavy (non-hydrogen) atoms. The van der Waals surface area contributed by atoms with Crippen LogP contribution in [-0.4, -0.2) is 15.0 Å². The second kappa shape index (κ2) is 3.90. The van der Waals surface area contributed by atoms with E-state index in [1.165, 1.54) is 6.33 Å². The van der Waals surface area contributed by atoms with Crippen LogP contribution in [0.3, 0.4) is 0 Å². The van der Waals surface area contributed by atoms with Crippen molar-refractivity contribution in [2.45, 2.75) is 6.92 Å². The second-order valence-electron chi connectivity index (χ2n) is 3.79. The van der Waals surface area contributed by atoms with Crippen LogP contribution in [0.1, 0.15) is 5.56 Å². The maximum Gasteiger partial charge on any atom is 0.231 e. The van der Waals surface area contributed by atoms with E-state index in [0.717, 1.165) is 22.3 Å². The number of aromatic amines is 1. The van der Waals surface area contributed by atoms with Gasteiger partial charge in [-0.25, -0.2) is 9.97 Å². The predicted octanol–water partition coefficient (Wildman–Crippen LogP) is 3.06. The normalized spacial score (nSPS) is 10.6. The Morgan fingerprint density at radius 2 is 2.00 bits per heavy atom. The van der Waals surface area contributed by atoms with E-state index < -0.39 is 0 Å². The van der Waals surface area contributed by atoms with Crippen LogP contribution in [0.4, 0.5) is 0 Å². The smallest absolute Gasteiger partial charge is 0.231 e. The molecule has 84 valence electrons. The number of rotatable bonds is 2. The summed E-state index contributed by atoms with van der Waals surface area (Å²) in [4.78, 5) is 11.3. The van der Waals surface area contributed by atoms with Gasteiger partial charge in [-0.05, 0) is 24.6 Å². The first-order valence-corrected chi connectivity index (χ1v) is 5.36. The largest absolute Gasteiger partial charge is 0.438 e. The topological polar surface area (TPSA) is 50.8 Å². The van der Waals surface area contributed by atoms with E-state index in [1.54, 1.807) is 0 Å². The summed E-state index contributed by atoms with van der Waals surface area (Å²) in [6, 6.07) is 9.76. The third-order valence-electron chi connectivity index (χ3n) is 2.62. The first-order valence-electron chi connectivity index (χ1n) is 5.36. The maximum atomic E-state index is 5.81. The van der Waals surface area contributed by atoms with Gasteiger partial charge in [-0.3, -0.25) is 0 Å². The number of hydrogen-bond donors (Lipinski definition) is 1. The highest BCUT2D eigenvalue weighted by Crippen LogP contribution is 2.27. The number of para-hydroxylation sites is 1. The maximum absolute atomic E-state index is 5.81. The van der Waals surface area contributed by atoms with Gasteiger partial charge in [0.15, 0.2) is 0 Å². The Hall–Kier alpha value is -2.36. The van der Waals surface area contributed by atoms with E-state index in [2.05, 4.69) is 15.0 Å². The van der Waals surface area contributed by atoms with Crippen LogP contribution >= 0.6 is 0 Å². The van der Waals surface area contributed by atoms with E-state index in [-0.39, 0.29) is 0 Å². The number of aromatic nitrogens is 3. The van der Waals surface area contributed by atoms with Crippen molar-refractivity contribution in [3.8, 4) is 11.6 Å². The van der Waals surface area contributed by atoms with Crippen molar-refractivity contribution in [1.82, 2.24) is 15.0 Å². The van der Waals surface area contributed by atoms with Crippen LogP contribution in [0.25, 0.3) is 11.0 Å². The molecule has 0 bridgehead atoms. The van der Waals surface area contributed by atoms with Gasteiger partial charge >= 0.3 is 0 Å². The quantitative estimate of drug-likeness (QED) is 0.729. The number of nitrogens with zero attached hydrogens (tertiary/aromatic N) is 2. The summed E-state index contributed by atoms with van der Waals surface area (Å²) in [6.07, 6.45) is 3.32. The number of hydrogen-bond acceptors (Lipinski definition) is 3. The fourth-order valence-electron chi connectivity index (χ4n) is 1.71. The molecule has 0 spiro atoms. The third kappa shape index (κ3) is 1.73. The van der Waals surface area contributed by atoms with Crippen molar-refractivity contribution in [3.63, 3.8) is 0 Å². The van der Waals surface area contributed by atoms with Crippen LogP contribution in [-0.2, 0) is 0 Å². The summed E-state index contributed by atoms with van der Waals surface area (Å²) in [5, 5.41) is 0.885. The molecule has 3 rings (SSSR count). The number of aryl methyl sites for hydroxylation is 1. The molecule has 0 amide bonds. The molecule has 4 heteroatoms. The zero-order chi connectivity index (χ0) is 11.7. The number of nitrogens with one attached hydrogen (secondary N) is 1. The van der Waals surface area contributed by atoms with Crippen molar-refractivity contribution in [3.05, 3.63) is 48.4 Å². The van der Waals surface area contributed by atoms with Gasteiger partial charge in [0.1, 0.15) is 17.7 Å². The van der Waals surface area contributed by atoms with Crippen LogP contribution in [0.15, 0.2) is 42.9 Å². The monoisotopic (exact) mass is 225 g/mol. The molecule has 0 saturated carbocycles. The summed E-state index contributed by atoms with van der Waals surface area (Å²) in [6.45, 7) is 2.00. The minimum Gasteiger partial charge on any atom is -0.438 e. The molecule has 0 fully saturated rings. The predicted molar refractivity (Wildman–Crippen MR) is 65.1 cm³/mol. The molecule has 0 radical (unpaired) electrons. The lowest BCUT2D eigenvalue weighted by Crippen LogP contribution is -1.91. The van der Waals surface area contributed by atoms with Gasteiger partial charge in [0.25, 0.3) is 0 Å². The molecule has 0 aliphatic rings. The van der Waals surface area contributed by atoms with Crippen molar-refractivity contribution >= 4 is 11.0 Å². The molecular formula is C13H11N3O. The number of fused-ring (bicyclic) bond motifs is 1. The van der Waals surface area contributed by atoms with Gasteiger partial charge in [-0.1, -0.05) is 18.2 Å². The molecule has 3 aromatic rings. The number of benzene rings is 1. The lowest BCUT2D eigenvalue weighted by molar-refractivity contribution is 0.464. The minimum atomic E-state index is 0.575. The van der Waals surface area contributed by atoms with Gasteiger partial charge in [0.05, 0.1) is 5.39 Å². The van der Waals surface area contributed by atoms with E-state index in [4.69, 9.17) is 4.74 Å². The molecule has 2 heterocycles. The molecule has 0 aliphatic carbocycles. The Bertz CT molecular complexity index is 660. The van der Waals surface area contributed by atoms with Gasteiger partial charge in [-0.15, -0.1) is 0 Å². The molecular weight excluding hydrogens is 214 g/mol. The first kappa shape index (κ1) is 9.84. The van der Waals surface area contributed by atoms with Crippen LogP contribution in [0.2, 0.25) is 0 Å². The highest BCUT2D eigenvalue weighted by molar-refractivity contribution is 5.80. The fraction of sp³-hybridized carbons (Fsp3) is 0.0769. The van der Waals surface area contributed by atoms with Gasteiger partial charge in [0, 0.05) is 6.20 Å². The van der Waals surface area contributed by atoms with Crippen LogP contribution in [0.5, 0.6) is 11.6 Å². The van der Waals surface area contributed by atoms with Gasteiger partial charge in [-0.2, -0.15) is 0 Å². The molecule has 4 nitrogen and oxygen atoms in total. The zero-order valence-corrected chi connectivity index (χ0v) is 9.34. The average Bonchev–Trinajstić information content (AvgIpc) is 2.81. The van der Waals surface area contributed by atoms with E-state index >= 15 is 0 Å². The summed E-state index contributed by atoms with van der Waals surface area (Å²) in [7, 11) is 0. The van der Waals surface area contributed by atoms with Crippen molar-refractivity contribution in [2.24, 2.45) is 0 Å². The van der Waals surface area contributed by atoms with E-state index in [0.29, 0.717) is 5.88 Å². The van der Waals surface area contributed by atoms with E-state index in [1.807, 2.05) is 43.5 Å². The van der Waals surface area contributed by atoms with Gasteiger partial charge in [0.2, 0.25) is 5.88 Å². The molecule has 0 atom stereocenters. The highest BCUT2D eigenvalue weighted by atomic mass is 16.5. The van der Waals surface area contributed by atoms with Crippen LogP contribution < -0.4 is 4.74 Å². The second-order valence-corrected chi connectivity index (χ2v) is 3.79. The van der Waals surface area contributed by atoms with Crippen molar-refractivity contribution in [1.29, 1.82) is 0 Å². The minimum absolute atomic E-state index is 0.575. The van der Waals surface area contributed by atoms with Crippen molar-refractivity contribution < 1.29 is 4.74 Å². The summed E-state index contributed by atoms with van der Waals surface area (Å²) >= 11 is 0. The molecule has 1 aromatic carbocycles. The Kier molecular flexibility index (Phi) is 2.26. The number of ether oxygens (including phenoxy) is 1. The SMILES string of the molecule is Cc1ccccc1Oc1ncnc2[nH]ccc12. The first-order chi connectivity index (χ1) is 8.34. The molecule has 2 aromatic heterocycles. The molecule has 0 aliphatic heterocycles. The Labute approximate surface area is 98.3 Å². The van der Waals surface area contributed by atoms with Crippen molar-refractivity contribution in [2.75, 3.05) is 0 Å². The molecule has 0 unspecified atom stereocenters. The summed E-state index contributed by atoms with van der Waals surface area (Å²) in [5.41, 5.74) is 1.86.